The zero-order valence-electron chi connectivity index (χ0n) is 16.2. The molecule has 0 spiro atoms. The van der Waals surface area contributed by atoms with Crippen LogP contribution in [0.1, 0.15) is 10.4 Å². The number of Topliss-reactive ketones (excluding diaryl/α,β-unsaturated/α-hetero) is 1. The second-order valence-corrected chi connectivity index (χ2v) is 7.41. The van der Waals surface area contributed by atoms with Crippen LogP contribution in [0.25, 0.3) is 17.1 Å². The van der Waals surface area contributed by atoms with Gasteiger partial charge in [-0.3, -0.25) is 9.36 Å². The zero-order chi connectivity index (χ0) is 20.9. The second-order valence-electron chi connectivity index (χ2n) is 6.46. The Hall–Kier alpha value is -3.58. The van der Waals surface area contributed by atoms with Crippen molar-refractivity contribution in [1.82, 2.24) is 14.8 Å². The average molecular weight is 417 g/mol. The van der Waals surface area contributed by atoms with Crippen LogP contribution in [0.4, 0.5) is 0 Å². The van der Waals surface area contributed by atoms with Crippen molar-refractivity contribution in [3.63, 3.8) is 0 Å². The number of ether oxygens (including phenoxy) is 1. The lowest BCUT2D eigenvalue weighted by molar-refractivity contribution is 0.102. The number of hydrogen-bond donors (Lipinski definition) is 1. The summed E-state index contributed by atoms with van der Waals surface area (Å²) >= 11 is 1.33. The van der Waals surface area contributed by atoms with E-state index in [0.717, 1.165) is 17.0 Å². The van der Waals surface area contributed by atoms with E-state index in [1.165, 1.54) is 11.8 Å². The molecule has 0 aliphatic heterocycles. The van der Waals surface area contributed by atoms with E-state index >= 15 is 0 Å². The van der Waals surface area contributed by atoms with E-state index in [9.17, 15) is 9.90 Å². The Morgan fingerprint density at radius 2 is 1.67 bits per heavy atom. The molecule has 6 nitrogen and oxygen atoms in total. The van der Waals surface area contributed by atoms with E-state index in [1.807, 2.05) is 47.0 Å². The van der Waals surface area contributed by atoms with E-state index in [2.05, 4.69) is 10.2 Å². The van der Waals surface area contributed by atoms with Gasteiger partial charge >= 0.3 is 0 Å². The Bertz CT molecular complexity index is 1140. The summed E-state index contributed by atoms with van der Waals surface area (Å²) < 4.78 is 7.15. The number of phenols is 1. The van der Waals surface area contributed by atoms with Crippen molar-refractivity contribution < 1.29 is 14.6 Å². The molecule has 1 heterocycles. The molecule has 4 rings (SSSR count). The number of methoxy groups -OCH3 is 1. The first-order valence-electron chi connectivity index (χ1n) is 9.26. The number of nitrogens with zero attached hydrogens (tertiary/aromatic N) is 3. The Labute approximate surface area is 178 Å². The molecule has 4 aromatic rings. The maximum Gasteiger partial charge on any atom is 0.196 e. The van der Waals surface area contributed by atoms with E-state index in [1.54, 1.807) is 43.5 Å². The molecule has 0 aliphatic carbocycles. The minimum absolute atomic E-state index is 0.0241. The third-order valence-electron chi connectivity index (χ3n) is 4.52. The van der Waals surface area contributed by atoms with E-state index in [4.69, 9.17) is 4.74 Å². The van der Waals surface area contributed by atoms with Gasteiger partial charge in [-0.25, -0.2) is 0 Å². The summed E-state index contributed by atoms with van der Waals surface area (Å²) in [5.41, 5.74) is 2.31. The van der Waals surface area contributed by atoms with Gasteiger partial charge in [0.2, 0.25) is 0 Å². The highest BCUT2D eigenvalue weighted by atomic mass is 32.2. The van der Waals surface area contributed by atoms with Gasteiger partial charge in [0.05, 0.1) is 12.9 Å². The molecule has 0 saturated heterocycles. The van der Waals surface area contributed by atoms with Crippen LogP contribution in [0.2, 0.25) is 0 Å². The minimum atomic E-state index is 0.0241. The summed E-state index contributed by atoms with van der Waals surface area (Å²) in [6, 6.07) is 23.5. The Morgan fingerprint density at radius 3 is 2.33 bits per heavy atom. The lowest BCUT2D eigenvalue weighted by Crippen LogP contribution is -2.05. The van der Waals surface area contributed by atoms with Gasteiger partial charge in [-0.05, 0) is 48.5 Å². The standard InChI is InChI=1S/C23H19N3O3S/c1-29-20-13-9-18(10-14-20)26-22(17-7-11-19(27)12-8-17)24-25-23(26)30-15-21(28)16-5-3-2-4-6-16/h2-14,27H,15H2,1H3. The monoisotopic (exact) mass is 417 g/mol. The van der Waals surface area contributed by atoms with E-state index in [-0.39, 0.29) is 17.3 Å². The van der Waals surface area contributed by atoms with E-state index in [0.29, 0.717) is 16.5 Å². The fourth-order valence-corrected chi connectivity index (χ4v) is 3.81. The summed E-state index contributed by atoms with van der Waals surface area (Å²) in [5.74, 6) is 1.81. The van der Waals surface area contributed by atoms with Gasteiger partial charge in [0, 0.05) is 16.8 Å². The molecular weight excluding hydrogens is 398 g/mol. The lowest BCUT2D eigenvalue weighted by Gasteiger charge is -2.11. The average Bonchev–Trinajstić information content (AvgIpc) is 3.22. The number of carbonyl (C=O) groups is 1. The van der Waals surface area contributed by atoms with Gasteiger partial charge < -0.3 is 9.84 Å². The Morgan fingerprint density at radius 1 is 0.967 bits per heavy atom. The molecule has 0 aliphatic rings. The molecule has 3 aromatic carbocycles. The third kappa shape index (κ3) is 4.21. The molecule has 150 valence electrons. The predicted molar refractivity (Wildman–Crippen MR) is 117 cm³/mol. The number of phenolic OH excluding ortho intramolecular Hbond substituents is 1. The molecule has 0 radical (unpaired) electrons. The summed E-state index contributed by atoms with van der Waals surface area (Å²) in [6.07, 6.45) is 0. The molecule has 0 fully saturated rings. The van der Waals surface area contributed by atoms with Crippen LogP contribution in [0.3, 0.4) is 0 Å². The highest BCUT2D eigenvalue weighted by Gasteiger charge is 2.18. The van der Waals surface area contributed by atoms with Crippen LogP contribution in [0.15, 0.2) is 84.0 Å². The molecule has 0 atom stereocenters. The Balaban J connectivity index is 1.69. The SMILES string of the molecule is COc1ccc(-n2c(SCC(=O)c3ccccc3)nnc2-c2ccc(O)cc2)cc1. The van der Waals surface area contributed by atoms with Crippen LogP contribution in [0, 0.1) is 0 Å². The van der Waals surface area contributed by atoms with Crippen molar-refractivity contribution in [2.45, 2.75) is 5.16 Å². The van der Waals surface area contributed by atoms with Crippen molar-refractivity contribution in [2.24, 2.45) is 0 Å². The molecule has 0 bridgehead atoms. The van der Waals surface area contributed by atoms with Crippen molar-refractivity contribution in [2.75, 3.05) is 12.9 Å². The number of thioether (sulfide) groups is 1. The van der Waals surface area contributed by atoms with Crippen molar-refractivity contribution in [3.8, 4) is 28.6 Å². The summed E-state index contributed by atoms with van der Waals surface area (Å²) in [6.45, 7) is 0. The summed E-state index contributed by atoms with van der Waals surface area (Å²) in [4.78, 5) is 12.5. The maximum absolute atomic E-state index is 12.5. The third-order valence-corrected chi connectivity index (χ3v) is 5.45. The smallest absolute Gasteiger partial charge is 0.196 e. The van der Waals surface area contributed by atoms with Gasteiger partial charge in [-0.15, -0.1) is 10.2 Å². The number of benzene rings is 3. The Kier molecular flexibility index (Phi) is 5.81. The molecule has 1 aromatic heterocycles. The highest BCUT2D eigenvalue weighted by Crippen LogP contribution is 2.30. The number of aromatic nitrogens is 3. The van der Waals surface area contributed by atoms with E-state index < -0.39 is 0 Å². The zero-order valence-corrected chi connectivity index (χ0v) is 17.0. The number of hydrogen-bond acceptors (Lipinski definition) is 6. The molecule has 7 heteroatoms. The molecular formula is C23H19N3O3S. The topological polar surface area (TPSA) is 77.2 Å². The van der Waals surface area contributed by atoms with Crippen LogP contribution >= 0.6 is 11.8 Å². The van der Waals surface area contributed by atoms with Crippen molar-refractivity contribution in [1.29, 1.82) is 0 Å². The quantitative estimate of drug-likeness (QED) is 0.349. The largest absolute Gasteiger partial charge is 0.508 e. The fraction of sp³-hybridized carbons (Fsp3) is 0.0870. The van der Waals surface area contributed by atoms with Gasteiger partial charge in [0.1, 0.15) is 11.5 Å². The summed E-state index contributed by atoms with van der Waals surface area (Å²) in [5, 5.41) is 18.9. The van der Waals surface area contributed by atoms with Crippen LogP contribution < -0.4 is 4.74 Å². The highest BCUT2D eigenvalue weighted by molar-refractivity contribution is 7.99. The number of carbonyl (C=O) groups excluding carboxylic acids is 1. The minimum Gasteiger partial charge on any atom is -0.508 e. The van der Waals surface area contributed by atoms with Crippen LogP contribution in [-0.4, -0.2) is 38.5 Å². The summed E-state index contributed by atoms with van der Waals surface area (Å²) in [7, 11) is 1.62. The number of ketones is 1. The second kappa shape index (κ2) is 8.84. The number of rotatable bonds is 7. The van der Waals surface area contributed by atoms with Crippen molar-refractivity contribution in [3.05, 3.63) is 84.4 Å². The molecule has 0 amide bonds. The molecule has 0 unspecified atom stereocenters. The van der Waals surface area contributed by atoms with Gasteiger partial charge in [-0.1, -0.05) is 42.1 Å². The molecule has 0 saturated carbocycles. The maximum atomic E-state index is 12.5. The van der Waals surface area contributed by atoms with Gasteiger partial charge in [0.25, 0.3) is 0 Å². The first kappa shape index (κ1) is 19.7. The van der Waals surface area contributed by atoms with Gasteiger partial charge in [-0.2, -0.15) is 0 Å². The van der Waals surface area contributed by atoms with Gasteiger partial charge in [0.15, 0.2) is 16.8 Å². The number of aromatic hydroxyl groups is 1. The normalized spacial score (nSPS) is 10.7. The fourth-order valence-electron chi connectivity index (χ4n) is 2.96. The molecule has 1 N–H and O–H groups in total. The van der Waals surface area contributed by atoms with Crippen LogP contribution in [0.5, 0.6) is 11.5 Å². The van der Waals surface area contributed by atoms with Crippen LogP contribution in [-0.2, 0) is 0 Å². The first-order valence-corrected chi connectivity index (χ1v) is 10.2. The predicted octanol–water partition coefficient (Wildman–Crippen LogP) is 4.62. The molecule has 30 heavy (non-hydrogen) atoms. The van der Waals surface area contributed by atoms with Crippen molar-refractivity contribution >= 4 is 17.5 Å². The lowest BCUT2D eigenvalue weighted by atomic mass is 10.2. The first-order chi connectivity index (χ1) is 14.7.